The molecule has 8 rings (SSSR count). The Morgan fingerprint density at radius 1 is 0.857 bits per heavy atom. The Morgan fingerprint density at radius 3 is 2.43 bits per heavy atom. The van der Waals surface area contributed by atoms with Gasteiger partial charge in [-0.25, -0.2) is 14.5 Å². The van der Waals surface area contributed by atoms with Gasteiger partial charge in [-0.05, 0) is 61.7 Å². The third-order valence-corrected chi connectivity index (χ3v) is 9.61. The molecule has 15 nitrogen and oxygen atoms in total. The van der Waals surface area contributed by atoms with E-state index in [4.69, 9.17) is 10.1 Å². The lowest BCUT2D eigenvalue weighted by Crippen LogP contribution is -2.54. The van der Waals surface area contributed by atoms with Crippen LogP contribution in [0.1, 0.15) is 46.4 Å². The van der Waals surface area contributed by atoms with Gasteiger partial charge in [0, 0.05) is 51.4 Å². The monoisotopic (exact) mass is 662 g/mol. The van der Waals surface area contributed by atoms with Gasteiger partial charge in [-0.2, -0.15) is 0 Å². The summed E-state index contributed by atoms with van der Waals surface area (Å²) >= 11 is 0. The van der Waals surface area contributed by atoms with Crippen molar-refractivity contribution in [1.29, 1.82) is 0 Å². The van der Waals surface area contributed by atoms with Crippen LogP contribution >= 0.6 is 0 Å². The molecule has 49 heavy (non-hydrogen) atoms. The van der Waals surface area contributed by atoms with Crippen LogP contribution in [-0.4, -0.2) is 111 Å². The molecule has 15 heteroatoms. The van der Waals surface area contributed by atoms with Gasteiger partial charge in [-0.15, -0.1) is 5.10 Å². The van der Waals surface area contributed by atoms with Gasteiger partial charge in [0.1, 0.15) is 23.4 Å². The number of hydrogen-bond donors (Lipinski definition) is 2. The number of benzene rings is 1. The number of carbonyl (C=O) groups is 5. The molecule has 3 saturated heterocycles. The standard InChI is InChI=1S/C34H34N10O5/c45-30-11-8-25(32(47)38-30)43-33(48)22-7-6-21(18-23(22)34(43)49)35-20-31(46)42-16-14-41(15-17-42)28-5-3-4-24(37-28)26-19-36-27-9-10-29(39-44(26)27)40-12-1-2-13-40/h3-7,9-10,18-19,25,35H,1-2,8,11-17,20H2,(H,38,45,47). The number of pyridine rings is 1. The van der Waals surface area contributed by atoms with E-state index in [-0.39, 0.29) is 36.4 Å². The number of nitrogens with zero attached hydrogens (tertiary/aromatic N) is 8. The zero-order valence-electron chi connectivity index (χ0n) is 26.7. The number of piperidine rings is 1. The van der Waals surface area contributed by atoms with E-state index in [0.29, 0.717) is 31.9 Å². The number of nitrogens with one attached hydrogen (secondary N) is 2. The van der Waals surface area contributed by atoms with E-state index in [1.807, 2.05) is 34.8 Å². The predicted octanol–water partition coefficient (Wildman–Crippen LogP) is 1.55. The molecular formula is C34H34N10O5. The van der Waals surface area contributed by atoms with Gasteiger partial charge in [-0.3, -0.25) is 34.2 Å². The molecular weight excluding hydrogens is 628 g/mol. The third kappa shape index (κ3) is 5.60. The van der Waals surface area contributed by atoms with Crippen LogP contribution in [0.15, 0.2) is 54.7 Å². The average molecular weight is 663 g/mol. The summed E-state index contributed by atoms with van der Waals surface area (Å²) in [5, 5.41) is 10.1. The molecule has 3 aromatic heterocycles. The van der Waals surface area contributed by atoms with Gasteiger partial charge in [0.05, 0.1) is 29.6 Å². The van der Waals surface area contributed by atoms with E-state index in [9.17, 15) is 24.0 Å². The number of piperazine rings is 1. The fraction of sp³-hybridized carbons (Fsp3) is 0.353. The third-order valence-electron chi connectivity index (χ3n) is 9.61. The number of amides is 5. The maximum atomic E-state index is 13.2. The van der Waals surface area contributed by atoms with Crippen LogP contribution in [0.5, 0.6) is 0 Å². The normalized spacial score (nSPS) is 19.6. The Hall–Kier alpha value is -5.86. The van der Waals surface area contributed by atoms with Gasteiger partial charge in [0.15, 0.2) is 5.65 Å². The molecule has 0 bridgehead atoms. The maximum absolute atomic E-state index is 13.2. The summed E-state index contributed by atoms with van der Waals surface area (Å²) in [4.78, 5) is 79.8. The second kappa shape index (κ2) is 12.3. The zero-order valence-corrected chi connectivity index (χ0v) is 26.7. The molecule has 5 amide bonds. The quantitative estimate of drug-likeness (QED) is 0.276. The number of aromatic nitrogens is 4. The van der Waals surface area contributed by atoms with Crippen LogP contribution in [-0.2, 0) is 14.4 Å². The SMILES string of the molecule is O=C1CCC(N2C(=O)c3ccc(NCC(=O)N4CCN(c5cccc(-c6cnc7ccc(N8CCCC8)nn67)n5)CC4)cc3C2=O)C(=O)N1. The molecule has 0 saturated carbocycles. The van der Waals surface area contributed by atoms with Crippen molar-refractivity contribution in [2.45, 2.75) is 31.7 Å². The molecule has 4 aliphatic heterocycles. The van der Waals surface area contributed by atoms with E-state index in [2.05, 4.69) is 25.4 Å². The number of anilines is 3. The number of imidazole rings is 1. The van der Waals surface area contributed by atoms with Crippen molar-refractivity contribution in [2.75, 3.05) is 60.9 Å². The van der Waals surface area contributed by atoms with Crippen LogP contribution in [0.4, 0.5) is 17.3 Å². The molecule has 2 N–H and O–H groups in total. The minimum Gasteiger partial charge on any atom is -0.376 e. The molecule has 7 heterocycles. The van der Waals surface area contributed by atoms with E-state index in [1.54, 1.807) is 17.2 Å². The minimum atomic E-state index is -1.03. The van der Waals surface area contributed by atoms with Crippen LogP contribution in [0.3, 0.4) is 0 Å². The highest BCUT2D eigenvalue weighted by atomic mass is 16.2. The highest BCUT2D eigenvalue weighted by Gasteiger charge is 2.44. The lowest BCUT2D eigenvalue weighted by Gasteiger charge is -2.35. The largest absolute Gasteiger partial charge is 0.376 e. The second-order valence-corrected chi connectivity index (χ2v) is 12.6. The van der Waals surface area contributed by atoms with Gasteiger partial charge in [-0.1, -0.05) is 6.07 Å². The van der Waals surface area contributed by atoms with Gasteiger partial charge < -0.3 is 20.0 Å². The Balaban J connectivity index is 0.883. The Bertz CT molecular complexity index is 2010. The van der Waals surface area contributed by atoms with Crippen molar-refractivity contribution >= 4 is 52.5 Å². The lowest BCUT2D eigenvalue weighted by molar-refractivity contribution is -0.136. The lowest BCUT2D eigenvalue weighted by atomic mass is 10.0. The zero-order chi connectivity index (χ0) is 33.6. The van der Waals surface area contributed by atoms with Gasteiger partial charge in [0.25, 0.3) is 11.8 Å². The highest BCUT2D eigenvalue weighted by Crippen LogP contribution is 2.30. The number of imide groups is 2. The van der Waals surface area contributed by atoms with Crippen LogP contribution < -0.4 is 20.4 Å². The van der Waals surface area contributed by atoms with E-state index in [1.165, 1.54) is 25.0 Å². The Labute approximate surface area is 280 Å². The fourth-order valence-electron chi connectivity index (χ4n) is 6.95. The average Bonchev–Trinajstić information content (AvgIpc) is 3.87. The summed E-state index contributed by atoms with van der Waals surface area (Å²) in [7, 11) is 0. The van der Waals surface area contributed by atoms with E-state index in [0.717, 1.165) is 46.7 Å². The Kier molecular flexibility index (Phi) is 7.65. The second-order valence-electron chi connectivity index (χ2n) is 12.6. The molecule has 1 unspecified atom stereocenters. The van der Waals surface area contributed by atoms with Crippen molar-refractivity contribution < 1.29 is 24.0 Å². The van der Waals surface area contributed by atoms with Gasteiger partial charge >= 0.3 is 0 Å². The molecule has 1 aromatic carbocycles. The number of hydrogen-bond acceptors (Lipinski definition) is 11. The number of fused-ring (bicyclic) bond motifs is 2. The smallest absolute Gasteiger partial charge is 0.262 e. The topological polar surface area (TPSA) is 165 Å². The van der Waals surface area contributed by atoms with Crippen molar-refractivity contribution in [1.82, 2.24) is 34.7 Å². The van der Waals surface area contributed by atoms with E-state index >= 15 is 0 Å². The summed E-state index contributed by atoms with van der Waals surface area (Å²) in [6, 6.07) is 13.5. The molecule has 0 aliphatic carbocycles. The first kappa shape index (κ1) is 30.5. The fourth-order valence-corrected chi connectivity index (χ4v) is 6.95. The van der Waals surface area contributed by atoms with Crippen molar-refractivity contribution in [2.24, 2.45) is 0 Å². The number of rotatable bonds is 7. The number of carbonyl (C=O) groups excluding carboxylic acids is 5. The van der Waals surface area contributed by atoms with Crippen LogP contribution in [0, 0.1) is 0 Å². The summed E-state index contributed by atoms with van der Waals surface area (Å²) in [6.07, 6.45) is 4.28. The molecule has 250 valence electrons. The van der Waals surface area contributed by atoms with Crippen molar-refractivity contribution in [3.8, 4) is 11.4 Å². The first-order chi connectivity index (χ1) is 23.8. The molecule has 4 aromatic rings. The molecule has 0 radical (unpaired) electrons. The summed E-state index contributed by atoms with van der Waals surface area (Å²) < 4.78 is 1.85. The summed E-state index contributed by atoms with van der Waals surface area (Å²) in [5.41, 5.74) is 3.20. The van der Waals surface area contributed by atoms with Crippen molar-refractivity contribution in [3.05, 3.63) is 65.9 Å². The van der Waals surface area contributed by atoms with Crippen molar-refractivity contribution in [3.63, 3.8) is 0 Å². The maximum Gasteiger partial charge on any atom is 0.262 e. The first-order valence-corrected chi connectivity index (χ1v) is 16.5. The molecule has 4 aliphatic rings. The van der Waals surface area contributed by atoms with E-state index < -0.39 is 29.7 Å². The first-order valence-electron chi connectivity index (χ1n) is 16.5. The van der Waals surface area contributed by atoms with Crippen LogP contribution in [0.25, 0.3) is 17.0 Å². The minimum absolute atomic E-state index is 0.00617. The summed E-state index contributed by atoms with van der Waals surface area (Å²) in [5.74, 6) is -0.595. The molecule has 3 fully saturated rings. The molecule has 0 spiro atoms. The summed E-state index contributed by atoms with van der Waals surface area (Å²) in [6.45, 7) is 4.26. The predicted molar refractivity (Wildman–Crippen MR) is 178 cm³/mol. The van der Waals surface area contributed by atoms with Gasteiger partial charge in [0.2, 0.25) is 17.7 Å². The Morgan fingerprint density at radius 2 is 1.63 bits per heavy atom. The van der Waals surface area contributed by atoms with Crippen LogP contribution in [0.2, 0.25) is 0 Å². The molecule has 1 atom stereocenters. The highest BCUT2D eigenvalue weighted by molar-refractivity contribution is 6.23.